The quantitative estimate of drug-likeness (QED) is 0.840. The minimum Gasteiger partial charge on any atom is -0.345 e. The predicted molar refractivity (Wildman–Crippen MR) is 101 cm³/mol. The van der Waals surface area contributed by atoms with Gasteiger partial charge in [-0.2, -0.15) is 0 Å². The van der Waals surface area contributed by atoms with Crippen LogP contribution in [0.4, 0.5) is 0 Å². The number of carbonyl (C=O) groups is 2. The number of hydrogen-bond donors (Lipinski definition) is 2. The summed E-state index contributed by atoms with van der Waals surface area (Å²) in [6.07, 6.45) is 0. The first kappa shape index (κ1) is 18.1. The highest BCUT2D eigenvalue weighted by molar-refractivity contribution is 5.94. The molecule has 26 heavy (non-hydrogen) atoms. The van der Waals surface area contributed by atoms with E-state index in [1.165, 1.54) is 4.90 Å². The van der Waals surface area contributed by atoms with E-state index in [1.54, 1.807) is 0 Å². The maximum Gasteiger partial charge on any atom is 0.275 e. The monoisotopic (exact) mass is 352 g/mol. The molecule has 1 saturated heterocycles. The Hall–Kier alpha value is -2.66. The Morgan fingerprint density at radius 2 is 1.58 bits per heavy atom. The van der Waals surface area contributed by atoms with Crippen LogP contribution in [0.15, 0.2) is 60.7 Å². The van der Waals surface area contributed by atoms with Crippen molar-refractivity contribution in [1.82, 2.24) is 10.2 Å². The van der Waals surface area contributed by atoms with Crippen LogP contribution >= 0.6 is 0 Å². The lowest BCUT2D eigenvalue weighted by Crippen LogP contribution is -3.15. The molecule has 1 heterocycles. The van der Waals surface area contributed by atoms with Gasteiger partial charge in [-0.1, -0.05) is 48.5 Å². The van der Waals surface area contributed by atoms with Crippen molar-refractivity contribution in [2.75, 3.05) is 32.7 Å². The molecule has 2 N–H and O–H groups in total. The van der Waals surface area contributed by atoms with Gasteiger partial charge in [-0.3, -0.25) is 9.59 Å². The number of benzene rings is 2. The summed E-state index contributed by atoms with van der Waals surface area (Å²) in [5.41, 5.74) is 1.83. The molecule has 0 aliphatic carbocycles. The Bertz CT molecular complexity index is 725. The average molecular weight is 352 g/mol. The SMILES string of the molecule is C[C@H](NC(=O)C[NH+]1CCN(C(=O)c2ccccc2)CC1)c1ccccc1. The topological polar surface area (TPSA) is 53.9 Å². The van der Waals surface area contributed by atoms with Crippen molar-refractivity contribution in [1.29, 1.82) is 0 Å². The number of nitrogens with zero attached hydrogens (tertiary/aromatic N) is 1. The Balaban J connectivity index is 1.45. The van der Waals surface area contributed by atoms with Crippen molar-refractivity contribution >= 4 is 11.8 Å². The third-order valence-electron chi connectivity index (χ3n) is 4.87. The van der Waals surface area contributed by atoms with Gasteiger partial charge >= 0.3 is 0 Å². The van der Waals surface area contributed by atoms with E-state index < -0.39 is 0 Å². The second kappa shape index (κ2) is 8.63. The summed E-state index contributed by atoms with van der Waals surface area (Å²) in [6.45, 7) is 5.41. The first-order chi connectivity index (χ1) is 12.6. The van der Waals surface area contributed by atoms with E-state index in [4.69, 9.17) is 0 Å². The van der Waals surface area contributed by atoms with Crippen LogP contribution in [0.3, 0.4) is 0 Å². The largest absolute Gasteiger partial charge is 0.345 e. The minimum absolute atomic E-state index is 0.00375. The normalized spacial score (nSPS) is 16.1. The zero-order valence-electron chi connectivity index (χ0n) is 15.2. The van der Waals surface area contributed by atoms with Gasteiger partial charge in [0.15, 0.2) is 6.54 Å². The summed E-state index contributed by atoms with van der Waals surface area (Å²) >= 11 is 0. The standard InChI is InChI=1S/C21H25N3O2/c1-17(18-8-4-2-5-9-18)22-20(25)16-23-12-14-24(15-13-23)21(26)19-10-6-3-7-11-19/h2-11,17H,12-16H2,1H3,(H,22,25)/p+1/t17-/m0/s1. The van der Waals surface area contributed by atoms with Gasteiger partial charge in [-0.25, -0.2) is 0 Å². The number of nitrogens with one attached hydrogen (secondary N) is 2. The molecule has 0 aromatic heterocycles. The van der Waals surface area contributed by atoms with Crippen molar-refractivity contribution in [3.05, 3.63) is 71.8 Å². The van der Waals surface area contributed by atoms with E-state index in [2.05, 4.69) is 5.32 Å². The van der Waals surface area contributed by atoms with E-state index in [0.717, 1.165) is 24.2 Å². The van der Waals surface area contributed by atoms with Crippen LogP contribution in [0.25, 0.3) is 0 Å². The van der Waals surface area contributed by atoms with Crippen molar-refractivity contribution in [3.63, 3.8) is 0 Å². The third kappa shape index (κ3) is 4.70. The third-order valence-corrected chi connectivity index (χ3v) is 4.87. The van der Waals surface area contributed by atoms with Crippen molar-refractivity contribution < 1.29 is 14.5 Å². The molecule has 136 valence electrons. The summed E-state index contributed by atoms with van der Waals surface area (Å²) in [4.78, 5) is 27.9. The first-order valence-electron chi connectivity index (χ1n) is 9.15. The Labute approximate surface area is 154 Å². The molecule has 2 aromatic carbocycles. The second-order valence-electron chi connectivity index (χ2n) is 6.78. The minimum atomic E-state index is 0.00375. The van der Waals surface area contributed by atoms with Crippen LogP contribution in [0.1, 0.15) is 28.9 Å². The fourth-order valence-corrected chi connectivity index (χ4v) is 3.31. The number of carbonyl (C=O) groups excluding carboxylic acids is 2. The van der Waals surface area contributed by atoms with Gasteiger partial charge in [-0.05, 0) is 24.6 Å². The average Bonchev–Trinajstić information content (AvgIpc) is 2.69. The van der Waals surface area contributed by atoms with E-state index in [0.29, 0.717) is 19.6 Å². The molecular weight excluding hydrogens is 326 g/mol. The molecular formula is C21H26N3O2+. The van der Waals surface area contributed by atoms with Gasteiger partial charge in [0, 0.05) is 5.56 Å². The zero-order chi connectivity index (χ0) is 18.4. The fraction of sp³-hybridized carbons (Fsp3) is 0.333. The summed E-state index contributed by atoms with van der Waals surface area (Å²) in [6, 6.07) is 19.3. The fourth-order valence-electron chi connectivity index (χ4n) is 3.31. The van der Waals surface area contributed by atoms with Crippen LogP contribution in [-0.4, -0.2) is 49.4 Å². The molecule has 1 fully saturated rings. The predicted octanol–water partition coefficient (Wildman–Crippen LogP) is 0.905. The van der Waals surface area contributed by atoms with Crippen LogP contribution in [0.5, 0.6) is 0 Å². The molecule has 0 radical (unpaired) electrons. The van der Waals surface area contributed by atoms with E-state index >= 15 is 0 Å². The Kier molecular flexibility index (Phi) is 6.02. The zero-order valence-corrected chi connectivity index (χ0v) is 15.2. The lowest BCUT2D eigenvalue weighted by molar-refractivity contribution is -0.896. The molecule has 2 aromatic rings. The summed E-state index contributed by atoms with van der Waals surface area (Å²) < 4.78 is 0. The lowest BCUT2D eigenvalue weighted by Gasteiger charge is -2.32. The van der Waals surface area contributed by atoms with Gasteiger partial charge in [-0.15, -0.1) is 0 Å². The molecule has 2 amide bonds. The van der Waals surface area contributed by atoms with Crippen molar-refractivity contribution in [2.24, 2.45) is 0 Å². The van der Waals surface area contributed by atoms with E-state index in [9.17, 15) is 9.59 Å². The van der Waals surface area contributed by atoms with Gasteiger partial charge in [0.1, 0.15) is 0 Å². The highest BCUT2D eigenvalue weighted by atomic mass is 16.2. The van der Waals surface area contributed by atoms with Crippen LogP contribution in [-0.2, 0) is 4.79 Å². The molecule has 1 atom stereocenters. The smallest absolute Gasteiger partial charge is 0.275 e. The second-order valence-corrected chi connectivity index (χ2v) is 6.78. The molecule has 5 heteroatoms. The molecule has 1 aliphatic rings. The summed E-state index contributed by atoms with van der Waals surface area (Å²) in [5.74, 6) is 0.131. The van der Waals surface area contributed by atoms with E-state index in [1.807, 2.05) is 72.5 Å². The molecule has 0 saturated carbocycles. The molecule has 0 spiro atoms. The first-order valence-corrected chi connectivity index (χ1v) is 9.15. The van der Waals surface area contributed by atoms with Gasteiger partial charge in [0.2, 0.25) is 0 Å². The summed E-state index contributed by atoms with van der Waals surface area (Å²) in [7, 11) is 0. The lowest BCUT2D eigenvalue weighted by atomic mass is 10.1. The van der Waals surface area contributed by atoms with Gasteiger partial charge < -0.3 is 15.1 Å². The van der Waals surface area contributed by atoms with Gasteiger partial charge in [0.25, 0.3) is 11.8 Å². The van der Waals surface area contributed by atoms with E-state index in [-0.39, 0.29) is 17.9 Å². The van der Waals surface area contributed by atoms with Crippen molar-refractivity contribution in [2.45, 2.75) is 13.0 Å². The molecule has 1 aliphatic heterocycles. The number of amides is 2. The highest BCUT2D eigenvalue weighted by Crippen LogP contribution is 2.10. The maximum absolute atomic E-state index is 12.5. The number of hydrogen-bond acceptors (Lipinski definition) is 2. The Morgan fingerprint density at radius 1 is 1.00 bits per heavy atom. The molecule has 0 bridgehead atoms. The van der Waals surface area contributed by atoms with Gasteiger partial charge in [0.05, 0.1) is 32.2 Å². The molecule has 0 unspecified atom stereocenters. The summed E-state index contributed by atoms with van der Waals surface area (Å²) in [5, 5.41) is 3.06. The van der Waals surface area contributed by atoms with Crippen LogP contribution in [0.2, 0.25) is 0 Å². The maximum atomic E-state index is 12.5. The molecule has 5 nitrogen and oxygen atoms in total. The number of quaternary nitrogens is 1. The number of rotatable bonds is 5. The number of piperazine rings is 1. The molecule has 3 rings (SSSR count). The van der Waals surface area contributed by atoms with Crippen LogP contribution in [0, 0.1) is 0 Å². The van der Waals surface area contributed by atoms with Crippen molar-refractivity contribution in [3.8, 4) is 0 Å². The van der Waals surface area contributed by atoms with Crippen LogP contribution < -0.4 is 10.2 Å². The Morgan fingerprint density at radius 3 is 2.19 bits per heavy atom. The highest BCUT2D eigenvalue weighted by Gasteiger charge is 2.26.